The molecule has 0 radical (unpaired) electrons. The molecule has 104 valence electrons. The molecule has 1 unspecified atom stereocenters. The summed E-state index contributed by atoms with van der Waals surface area (Å²) in [5.41, 5.74) is 2.15. The number of hydrogen-bond donors (Lipinski definition) is 2. The van der Waals surface area contributed by atoms with Gasteiger partial charge in [0.25, 0.3) is 0 Å². The van der Waals surface area contributed by atoms with Crippen molar-refractivity contribution in [2.75, 3.05) is 5.75 Å². The van der Waals surface area contributed by atoms with Crippen LogP contribution in [0.25, 0.3) is 0 Å². The molecule has 1 atom stereocenters. The second-order valence-electron chi connectivity index (χ2n) is 4.65. The van der Waals surface area contributed by atoms with E-state index in [2.05, 4.69) is 22.9 Å². The van der Waals surface area contributed by atoms with Crippen LogP contribution in [0.1, 0.15) is 11.1 Å². The average molecular weight is 286 g/mol. The summed E-state index contributed by atoms with van der Waals surface area (Å²) in [6, 6.07) is 13.8. The number of pyridine rings is 1. The Morgan fingerprint density at radius 3 is 2.55 bits per heavy atom. The van der Waals surface area contributed by atoms with Gasteiger partial charge in [-0.25, -0.2) is 0 Å². The number of amides is 1. The lowest BCUT2D eigenvalue weighted by Gasteiger charge is -2.14. The van der Waals surface area contributed by atoms with Crippen LogP contribution in [-0.4, -0.2) is 16.6 Å². The van der Waals surface area contributed by atoms with Gasteiger partial charge in [-0.2, -0.15) is 12.6 Å². The van der Waals surface area contributed by atoms with Crippen molar-refractivity contribution in [2.45, 2.75) is 13.0 Å². The Morgan fingerprint density at radius 1 is 1.15 bits per heavy atom. The Hall–Kier alpha value is -1.81. The number of thiol groups is 1. The normalized spacial score (nSPS) is 11.8. The molecular formula is C16H18N2OS. The van der Waals surface area contributed by atoms with Crippen molar-refractivity contribution < 1.29 is 4.79 Å². The van der Waals surface area contributed by atoms with E-state index in [9.17, 15) is 4.79 Å². The summed E-state index contributed by atoms with van der Waals surface area (Å²) in [6.07, 6.45) is 4.19. The molecule has 2 rings (SSSR count). The van der Waals surface area contributed by atoms with Crippen molar-refractivity contribution in [1.29, 1.82) is 0 Å². The molecule has 4 heteroatoms. The van der Waals surface area contributed by atoms with Gasteiger partial charge in [0, 0.05) is 24.7 Å². The fourth-order valence-electron chi connectivity index (χ4n) is 1.97. The first-order valence-electron chi connectivity index (χ1n) is 6.61. The number of benzene rings is 1. The summed E-state index contributed by atoms with van der Waals surface area (Å²) in [5, 5.41) is 2.94. The minimum atomic E-state index is -0.114. The molecule has 1 N–H and O–H groups in total. The Kier molecular flexibility index (Phi) is 5.62. The van der Waals surface area contributed by atoms with Crippen LogP contribution < -0.4 is 5.32 Å². The zero-order chi connectivity index (χ0) is 14.2. The van der Waals surface area contributed by atoms with Gasteiger partial charge in [0.2, 0.25) is 5.91 Å². The lowest BCUT2D eigenvalue weighted by molar-refractivity contribution is -0.124. The molecule has 1 aromatic heterocycles. The van der Waals surface area contributed by atoms with Crippen molar-refractivity contribution >= 4 is 18.5 Å². The highest BCUT2D eigenvalue weighted by Gasteiger charge is 2.16. The number of nitrogens with zero attached hydrogens (tertiary/aromatic N) is 1. The molecule has 3 nitrogen and oxygen atoms in total. The van der Waals surface area contributed by atoms with Gasteiger partial charge in [0.05, 0.1) is 5.92 Å². The maximum absolute atomic E-state index is 12.2. The third-order valence-corrected chi connectivity index (χ3v) is 3.55. The van der Waals surface area contributed by atoms with Gasteiger partial charge in [0.1, 0.15) is 0 Å². The van der Waals surface area contributed by atoms with Crippen molar-refractivity contribution in [1.82, 2.24) is 10.3 Å². The average Bonchev–Trinajstić information content (AvgIpc) is 2.52. The monoisotopic (exact) mass is 286 g/mol. The fourth-order valence-corrected chi connectivity index (χ4v) is 2.27. The van der Waals surface area contributed by atoms with Gasteiger partial charge >= 0.3 is 0 Å². The zero-order valence-electron chi connectivity index (χ0n) is 11.2. The highest BCUT2D eigenvalue weighted by Crippen LogP contribution is 2.11. The largest absolute Gasteiger partial charge is 0.352 e. The Labute approximate surface area is 124 Å². The first kappa shape index (κ1) is 14.6. The summed E-state index contributed by atoms with van der Waals surface area (Å²) in [5.74, 6) is 0.457. The van der Waals surface area contributed by atoms with Gasteiger partial charge in [0.15, 0.2) is 0 Å². The van der Waals surface area contributed by atoms with Crippen LogP contribution in [0.15, 0.2) is 54.9 Å². The van der Waals surface area contributed by atoms with Gasteiger partial charge in [-0.3, -0.25) is 9.78 Å². The van der Waals surface area contributed by atoms with Crippen LogP contribution in [-0.2, 0) is 17.8 Å². The number of carbonyl (C=O) groups is 1. The predicted octanol–water partition coefficient (Wildman–Crippen LogP) is 2.49. The smallest absolute Gasteiger partial charge is 0.224 e. The molecule has 20 heavy (non-hydrogen) atoms. The van der Waals surface area contributed by atoms with Gasteiger partial charge in [-0.05, 0) is 23.6 Å². The summed E-state index contributed by atoms with van der Waals surface area (Å²) >= 11 is 4.29. The van der Waals surface area contributed by atoms with E-state index in [1.165, 1.54) is 0 Å². The number of carbonyl (C=O) groups excluding carboxylic acids is 1. The van der Waals surface area contributed by atoms with Crippen LogP contribution in [0.3, 0.4) is 0 Å². The molecule has 0 bridgehead atoms. The molecule has 2 aromatic rings. The van der Waals surface area contributed by atoms with E-state index >= 15 is 0 Å². The molecule has 1 aromatic carbocycles. The summed E-state index contributed by atoms with van der Waals surface area (Å²) in [6.45, 7) is 0.506. The van der Waals surface area contributed by atoms with Crippen LogP contribution >= 0.6 is 12.6 Å². The lowest BCUT2D eigenvalue weighted by atomic mass is 10.00. The van der Waals surface area contributed by atoms with E-state index in [0.29, 0.717) is 18.7 Å². The lowest BCUT2D eigenvalue weighted by Crippen LogP contribution is -2.32. The molecule has 1 amide bonds. The third kappa shape index (κ3) is 4.38. The molecule has 0 saturated heterocycles. The van der Waals surface area contributed by atoms with Crippen LogP contribution in [0.4, 0.5) is 0 Å². The molecular weight excluding hydrogens is 268 g/mol. The van der Waals surface area contributed by atoms with Crippen LogP contribution in [0.5, 0.6) is 0 Å². The Balaban J connectivity index is 1.89. The van der Waals surface area contributed by atoms with E-state index in [4.69, 9.17) is 0 Å². The molecule has 0 saturated carbocycles. The topological polar surface area (TPSA) is 42.0 Å². The minimum Gasteiger partial charge on any atom is -0.352 e. The second kappa shape index (κ2) is 7.70. The summed E-state index contributed by atoms with van der Waals surface area (Å²) in [7, 11) is 0. The molecule has 0 aliphatic heterocycles. The third-order valence-electron chi connectivity index (χ3n) is 3.11. The van der Waals surface area contributed by atoms with E-state index in [1.807, 2.05) is 42.5 Å². The Bertz CT molecular complexity index is 531. The van der Waals surface area contributed by atoms with Crippen molar-refractivity contribution in [3.63, 3.8) is 0 Å². The maximum Gasteiger partial charge on any atom is 0.224 e. The maximum atomic E-state index is 12.2. The van der Waals surface area contributed by atoms with E-state index < -0.39 is 0 Å². The highest BCUT2D eigenvalue weighted by atomic mass is 32.1. The summed E-state index contributed by atoms with van der Waals surface area (Å²) < 4.78 is 0. The Morgan fingerprint density at radius 2 is 1.90 bits per heavy atom. The quantitative estimate of drug-likeness (QED) is 0.801. The highest BCUT2D eigenvalue weighted by molar-refractivity contribution is 7.80. The number of nitrogens with one attached hydrogen (secondary N) is 1. The number of hydrogen-bond acceptors (Lipinski definition) is 3. The summed E-state index contributed by atoms with van der Waals surface area (Å²) in [4.78, 5) is 16.2. The number of rotatable bonds is 6. The van der Waals surface area contributed by atoms with Crippen molar-refractivity contribution in [2.24, 2.45) is 5.92 Å². The van der Waals surface area contributed by atoms with Gasteiger partial charge in [-0.1, -0.05) is 36.4 Å². The van der Waals surface area contributed by atoms with E-state index in [1.54, 1.807) is 12.4 Å². The van der Waals surface area contributed by atoms with Gasteiger partial charge in [-0.15, -0.1) is 0 Å². The SMILES string of the molecule is O=C(NCc1cccnc1)C(CS)Cc1ccccc1. The predicted molar refractivity (Wildman–Crippen MR) is 83.6 cm³/mol. The first-order valence-corrected chi connectivity index (χ1v) is 7.24. The molecule has 0 spiro atoms. The minimum absolute atomic E-state index is 0.0349. The first-order chi connectivity index (χ1) is 9.79. The van der Waals surface area contributed by atoms with Crippen molar-refractivity contribution in [3.05, 3.63) is 66.0 Å². The molecule has 1 heterocycles. The molecule has 0 aliphatic carbocycles. The van der Waals surface area contributed by atoms with E-state index in [-0.39, 0.29) is 11.8 Å². The second-order valence-corrected chi connectivity index (χ2v) is 5.01. The van der Waals surface area contributed by atoms with E-state index in [0.717, 1.165) is 11.1 Å². The van der Waals surface area contributed by atoms with Gasteiger partial charge < -0.3 is 5.32 Å². The zero-order valence-corrected chi connectivity index (χ0v) is 12.1. The van der Waals surface area contributed by atoms with Crippen LogP contribution in [0, 0.1) is 5.92 Å². The standard InChI is InChI=1S/C16H18N2OS/c19-16(18-11-14-7-4-8-17-10-14)15(12-20)9-13-5-2-1-3-6-13/h1-8,10,15,20H,9,11-12H2,(H,18,19). The molecule has 0 fully saturated rings. The fraction of sp³-hybridized carbons (Fsp3) is 0.250. The van der Waals surface area contributed by atoms with Crippen LogP contribution in [0.2, 0.25) is 0 Å². The molecule has 0 aliphatic rings. The number of aromatic nitrogens is 1. The van der Waals surface area contributed by atoms with Crippen molar-refractivity contribution in [3.8, 4) is 0 Å².